The molecule has 3 rings (SSSR count). The number of nitrogens with two attached hydrogens (primary N) is 1. The molecular weight excluding hydrogens is 238 g/mol. The molecule has 19 heavy (non-hydrogen) atoms. The van der Waals surface area contributed by atoms with E-state index in [0.717, 1.165) is 12.2 Å². The topological polar surface area (TPSA) is 52.3 Å². The molecule has 1 aliphatic heterocycles. The van der Waals surface area contributed by atoms with Crippen molar-refractivity contribution >= 4 is 5.91 Å². The van der Waals surface area contributed by atoms with Gasteiger partial charge in [0.25, 0.3) is 0 Å². The minimum atomic E-state index is -0.187. The zero-order valence-electron chi connectivity index (χ0n) is 11.6. The van der Waals surface area contributed by atoms with Crippen LogP contribution in [0.3, 0.4) is 0 Å². The van der Waals surface area contributed by atoms with Crippen LogP contribution in [0.15, 0.2) is 18.2 Å². The molecule has 102 valence electrons. The molecule has 4 atom stereocenters. The molecule has 3 nitrogen and oxygen atoms in total. The zero-order chi connectivity index (χ0) is 13.6. The highest BCUT2D eigenvalue weighted by Gasteiger charge is 2.44. The lowest BCUT2D eigenvalue weighted by Crippen LogP contribution is -2.16. The number of ether oxygens (including phenoxy) is 1. The highest BCUT2D eigenvalue weighted by atomic mass is 16.5. The van der Waals surface area contributed by atoms with Gasteiger partial charge in [0.15, 0.2) is 0 Å². The lowest BCUT2D eigenvalue weighted by molar-refractivity contribution is -0.118. The van der Waals surface area contributed by atoms with E-state index in [1.165, 1.54) is 17.5 Å². The first-order chi connectivity index (χ1) is 9.06. The second-order valence-corrected chi connectivity index (χ2v) is 6.11. The lowest BCUT2D eigenvalue weighted by Gasteiger charge is -2.10. The number of fused-ring (bicyclic) bond motifs is 1. The van der Waals surface area contributed by atoms with Crippen LogP contribution < -0.4 is 10.5 Å². The van der Waals surface area contributed by atoms with Crippen molar-refractivity contribution in [1.29, 1.82) is 0 Å². The van der Waals surface area contributed by atoms with E-state index in [2.05, 4.69) is 32.0 Å². The first-order valence-corrected chi connectivity index (χ1v) is 7.13. The van der Waals surface area contributed by atoms with Gasteiger partial charge < -0.3 is 10.5 Å². The summed E-state index contributed by atoms with van der Waals surface area (Å²) in [6.07, 6.45) is 2.98. The van der Waals surface area contributed by atoms with E-state index in [9.17, 15) is 4.79 Å². The van der Waals surface area contributed by atoms with Crippen molar-refractivity contribution in [1.82, 2.24) is 0 Å². The van der Waals surface area contributed by atoms with Crippen LogP contribution in [0.4, 0.5) is 0 Å². The summed E-state index contributed by atoms with van der Waals surface area (Å²) in [6.45, 7) is 4.25. The predicted octanol–water partition coefficient (Wildman–Crippen LogP) is 2.62. The van der Waals surface area contributed by atoms with Gasteiger partial charge in [-0.2, -0.15) is 0 Å². The highest BCUT2D eigenvalue weighted by Crippen LogP contribution is 2.55. The van der Waals surface area contributed by atoms with E-state index in [1.807, 2.05) is 0 Å². The van der Waals surface area contributed by atoms with Gasteiger partial charge in [-0.25, -0.2) is 0 Å². The second-order valence-electron chi connectivity index (χ2n) is 6.11. The summed E-state index contributed by atoms with van der Waals surface area (Å²) in [5, 5.41) is 0. The largest absolute Gasteiger partial charge is 0.490 e. The van der Waals surface area contributed by atoms with Gasteiger partial charge in [0, 0.05) is 18.4 Å². The van der Waals surface area contributed by atoms with Gasteiger partial charge in [-0.3, -0.25) is 4.79 Å². The number of primary amides is 1. The van der Waals surface area contributed by atoms with Gasteiger partial charge in [-0.05, 0) is 42.7 Å². The number of hydrogen-bond donors (Lipinski definition) is 1. The van der Waals surface area contributed by atoms with Gasteiger partial charge in [-0.15, -0.1) is 0 Å². The van der Waals surface area contributed by atoms with E-state index in [1.54, 1.807) is 0 Å². The summed E-state index contributed by atoms with van der Waals surface area (Å²) < 4.78 is 5.81. The fourth-order valence-corrected chi connectivity index (χ4v) is 3.47. The van der Waals surface area contributed by atoms with Crippen LogP contribution in [0.5, 0.6) is 5.75 Å². The summed E-state index contributed by atoms with van der Waals surface area (Å²) in [5.74, 6) is 2.46. The Bertz CT molecular complexity index is 511. The Morgan fingerprint density at radius 2 is 2.32 bits per heavy atom. The molecule has 4 unspecified atom stereocenters. The maximum absolute atomic E-state index is 11.0. The van der Waals surface area contributed by atoms with Crippen LogP contribution >= 0.6 is 0 Å². The first kappa shape index (κ1) is 12.5. The SMILES string of the molecule is CC1Cc2c(cccc2C2CC2C(C)CC(N)=O)O1. The van der Waals surface area contributed by atoms with Crippen LogP contribution in [0.2, 0.25) is 0 Å². The molecule has 1 heterocycles. The normalized spacial score (nSPS) is 29.5. The maximum Gasteiger partial charge on any atom is 0.217 e. The Balaban J connectivity index is 1.76. The predicted molar refractivity (Wildman–Crippen MR) is 74.1 cm³/mol. The Morgan fingerprint density at radius 1 is 1.53 bits per heavy atom. The van der Waals surface area contributed by atoms with Crippen LogP contribution in [0.25, 0.3) is 0 Å². The van der Waals surface area contributed by atoms with Crippen molar-refractivity contribution in [2.45, 2.75) is 45.1 Å². The summed E-state index contributed by atoms with van der Waals surface area (Å²) in [6, 6.07) is 6.37. The second kappa shape index (κ2) is 4.55. The summed E-state index contributed by atoms with van der Waals surface area (Å²) in [7, 11) is 0. The Hall–Kier alpha value is -1.51. The van der Waals surface area contributed by atoms with Gasteiger partial charge in [0.1, 0.15) is 11.9 Å². The Morgan fingerprint density at radius 3 is 3.05 bits per heavy atom. The van der Waals surface area contributed by atoms with Gasteiger partial charge in [0.05, 0.1) is 0 Å². The number of rotatable bonds is 4. The van der Waals surface area contributed by atoms with Crippen molar-refractivity contribution in [3.05, 3.63) is 29.3 Å². The third-order valence-corrected chi connectivity index (χ3v) is 4.48. The number of hydrogen-bond acceptors (Lipinski definition) is 2. The molecule has 2 aliphatic rings. The molecule has 1 aromatic carbocycles. The molecular formula is C16H21NO2. The van der Waals surface area contributed by atoms with Crippen molar-refractivity contribution in [3.8, 4) is 5.75 Å². The molecule has 3 heteroatoms. The third kappa shape index (κ3) is 2.34. The minimum Gasteiger partial charge on any atom is -0.490 e. The molecule has 1 aromatic rings. The average molecular weight is 259 g/mol. The quantitative estimate of drug-likeness (QED) is 0.903. The van der Waals surface area contributed by atoms with Crippen LogP contribution in [0.1, 0.15) is 43.7 Å². The molecule has 1 saturated carbocycles. The van der Waals surface area contributed by atoms with Gasteiger partial charge >= 0.3 is 0 Å². The first-order valence-electron chi connectivity index (χ1n) is 7.13. The van der Waals surface area contributed by atoms with E-state index in [0.29, 0.717) is 24.2 Å². The molecule has 1 fully saturated rings. The third-order valence-electron chi connectivity index (χ3n) is 4.48. The molecule has 1 amide bonds. The van der Waals surface area contributed by atoms with Crippen molar-refractivity contribution in [3.63, 3.8) is 0 Å². The number of amides is 1. The Labute approximate surface area is 114 Å². The number of carbonyl (C=O) groups excluding carboxylic acids is 1. The molecule has 0 bridgehead atoms. The fraction of sp³-hybridized carbons (Fsp3) is 0.562. The highest BCUT2D eigenvalue weighted by molar-refractivity contribution is 5.74. The number of benzene rings is 1. The molecule has 1 aliphatic carbocycles. The van der Waals surface area contributed by atoms with Crippen molar-refractivity contribution in [2.24, 2.45) is 17.6 Å². The summed E-state index contributed by atoms with van der Waals surface area (Å²) in [5.41, 5.74) is 8.11. The van der Waals surface area contributed by atoms with Crippen LogP contribution in [0, 0.1) is 11.8 Å². The van der Waals surface area contributed by atoms with Crippen LogP contribution in [-0.2, 0) is 11.2 Å². The van der Waals surface area contributed by atoms with Crippen molar-refractivity contribution in [2.75, 3.05) is 0 Å². The number of carbonyl (C=O) groups is 1. The minimum absolute atomic E-state index is 0.187. The standard InChI is InChI=1S/C16H21NO2/c1-9(6-16(17)18)12-8-13(12)11-4-3-5-15-14(11)7-10(2)19-15/h3-5,9-10,12-13H,6-8H2,1-2H3,(H2,17,18). The zero-order valence-corrected chi connectivity index (χ0v) is 11.6. The molecule has 0 aromatic heterocycles. The summed E-state index contributed by atoms with van der Waals surface area (Å²) in [4.78, 5) is 11.0. The van der Waals surface area contributed by atoms with Crippen molar-refractivity contribution < 1.29 is 9.53 Å². The summed E-state index contributed by atoms with van der Waals surface area (Å²) >= 11 is 0. The molecule has 0 spiro atoms. The lowest BCUT2D eigenvalue weighted by atomic mass is 9.94. The van der Waals surface area contributed by atoms with Gasteiger partial charge in [-0.1, -0.05) is 19.1 Å². The monoisotopic (exact) mass is 259 g/mol. The average Bonchev–Trinajstić information content (AvgIpc) is 3.02. The molecule has 0 radical (unpaired) electrons. The van der Waals surface area contributed by atoms with Gasteiger partial charge in [0.2, 0.25) is 5.91 Å². The van der Waals surface area contributed by atoms with E-state index >= 15 is 0 Å². The van der Waals surface area contributed by atoms with E-state index in [4.69, 9.17) is 10.5 Å². The maximum atomic E-state index is 11.0. The van der Waals surface area contributed by atoms with Crippen LogP contribution in [-0.4, -0.2) is 12.0 Å². The molecule has 0 saturated heterocycles. The van der Waals surface area contributed by atoms with E-state index < -0.39 is 0 Å². The smallest absolute Gasteiger partial charge is 0.217 e. The Kier molecular flexibility index (Phi) is 3.00. The van der Waals surface area contributed by atoms with E-state index in [-0.39, 0.29) is 12.0 Å². The molecule has 2 N–H and O–H groups in total. The fourth-order valence-electron chi connectivity index (χ4n) is 3.47.